The number of methoxy groups -OCH3 is 1. The molecule has 6 heteroatoms. The molecule has 1 aliphatic heterocycles. The van der Waals surface area contributed by atoms with Gasteiger partial charge in [0.05, 0.1) is 6.61 Å². The van der Waals surface area contributed by atoms with Crippen LogP contribution in [0.1, 0.15) is 45.4 Å². The summed E-state index contributed by atoms with van der Waals surface area (Å²) in [7, 11) is 1.61. The highest BCUT2D eigenvalue weighted by molar-refractivity contribution is 5.91. The van der Waals surface area contributed by atoms with Crippen LogP contribution in [0.5, 0.6) is 0 Å². The molecule has 2 aliphatic rings. The zero-order valence-electron chi connectivity index (χ0n) is 15.5. The van der Waals surface area contributed by atoms with E-state index in [1.807, 2.05) is 13.0 Å². The van der Waals surface area contributed by atoms with E-state index in [1.165, 1.54) is 25.7 Å². The molecule has 25 heavy (non-hydrogen) atoms. The molecule has 3 atom stereocenters. The Morgan fingerprint density at radius 3 is 2.80 bits per heavy atom. The number of carbonyl (C=O) groups is 1. The molecule has 0 aromatic rings. The van der Waals surface area contributed by atoms with Crippen molar-refractivity contribution in [3.8, 4) is 0 Å². The predicted octanol–water partition coefficient (Wildman–Crippen LogP) is 2.22. The fraction of sp³-hybridized carbons (Fsp3) is 0.842. The lowest BCUT2D eigenvalue weighted by atomic mass is 9.76. The molecule has 0 radical (unpaired) electrons. The molecule has 0 aromatic heterocycles. The minimum atomic E-state index is -0.421. The van der Waals surface area contributed by atoms with E-state index >= 15 is 0 Å². The Labute approximate surface area is 150 Å². The Hall–Kier alpha value is -1.11. The Bertz CT molecular complexity index is 434. The molecule has 1 saturated carbocycles. The average molecular weight is 355 g/mol. The first-order valence-corrected chi connectivity index (χ1v) is 9.59. The summed E-state index contributed by atoms with van der Waals surface area (Å²) in [5.74, 6) is 1.18. The SMILES string of the molecule is CCO[C@@H]1OC(C(=O)NCCOC)=C[C@H](C2CCCC2)[C@H]1CCCO. The van der Waals surface area contributed by atoms with Gasteiger partial charge in [-0.05, 0) is 50.5 Å². The molecule has 144 valence electrons. The third-order valence-electron chi connectivity index (χ3n) is 5.22. The first-order chi connectivity index (χ1) is 12.2. The first kappa shape index (κ1) is 20.2. The summed E-state index contributed by atoms with van der Waals surface area (Å²) in [5.41, 5.74) is 0. The minimum Gasteiger partial charge on any atom is -0.459 e. The standard InChI is InChI=1S/C19H33NO5/c1-3-24-19-15(9-6-11-21)16(14-7-4-5-8-14)13-17(25-19)18(22)20-10-12-23-2/h13-16,19,21H,3-12H2,1-2H3,(H,20,22)/t15-,16-,19-/m1/s1. The van der Waals surface area contributed by atoms with Crippen LogP contribution in [0.25, 0.3) is 0 Å². The van der Waals surface area contributed by atoms with Gasteiger partial charge in [-0.25, -0.2) is 0 Å². The maximum absolute atomic E-state index is 12.4. The van der Waals surface area contributed by atoms with Crippen LogP contribution in [0.15, 0.2) is 11.8 Å². The molecular weight excluding hydrogens is 322 g/mol. The molecule has 1 aliphatic carbocycles. The number of allylic oxidation sites excluding steroid dienone is 1. The molecule has 0 bridgehead atoms. The molecule has 0 saturated heterocycles. The second-order valence-electron chi connectivity index (χ2n) is 6.87. The van der Waals surface area contributed by atoms with Crippen molar-refractivity contribution in [2.24, 2.45) is 17.8 Å². The largest absolute Gasteiger partial charge is 0.459 e. The number of carbonyl (C=O) groups excluding carboxylic acids is 1. The summed E-state index contributed by atoms with van der Waals surface area (Å²) in [5, 5.41) is 12.1. The maximum atomic E-state index is 12.4. The van der Waals surface area contributed by atoms with Crippen molar-refractivity contribution in [3.05, 3.63) is 11.8 Å². The molecule has 6 nitrogen and oxygen atoms in total. The summed E-state index contributed by atoms with van der Waals surface area (Å²) < 4.78 is 16.7. The molecular formula is C19H33NO5. The van der Waals surface area contributed by atoms with Gasteiger partial charge in [0, 0.05) is 32.8 Å². The van der Waals surface area contributed by atoms with Crippen molar-refractivity contribution in [2.45, 2.75) is 51.7 Å². The molecule has 1 fully saturated rings. The van der Waals surface area contributed by atoms with E-state index in [9.17, 15) is 9.90 Å². The molecule has 1 amide bonds. The summed E-state index contributed by atoms with van der Waals surface area (Å²) in [6.45, 7) is 3.57. The first-order valence-electron chi connectivity index (χ1n) is 9.59. The van der Waals surface area contributed by atoms with E-state index in [-0.39, 0.29) is 24.3 Å². The molecule has 1 heterocycles. The Balaban J connectivity index is 2.16. The summed E-state index contributed by atoms with van der Waals surface area (Å²) in [6.07, 6.45) is 8.03. The van der Waals surface area contributed by atoms with E-state index in [0.717, 1.165) is 12.8 Å². The number of hydrogen-bond donors (Lipinski definition) is 2. The van der Waals surface area contributed by atoms with E-state index in [2.05, 4.69) is 5.32 Å². The van der Waals surface area contributed by atoms with Crippen molar-refractivity contribution in [1.82, 2.24) is 5.32 Å². The van der Waals surface area contributed by atoms with Gasteiger partial charge in [-0.15, -0.1) is 0 Å². The lowest BCUT2D eigenvalue weighted by molar-refractivity contribution is -0.176. The smallest absolute Gasteiger partial charge is 0.286 e. The van der Waals surface area contributed by atoms with Crippen LogP contribution in [0.2, 0.25) is 0 Å². The minimum absolute atomic E-state index is 0.167. The van der Waals surface area contributed by atoms with Crippen molar-refractivity contribution < 1.29 is 24.1 Å². The summed E-state index contributed by atoms with van der Waals surface area (Å²) in [6, 6.07) is 0. The zero-order valence-corrected chi connectivity index (χ0v) is 15.5. The summed E-state index contributed by atoms with van der Waals surface area (Å²) in [4.78, 5) is 12.4. The average Bonchev–Trinajstić information content (AvgIpc) is 3.15. The van der Waals surface area contributed by atoms with Crippen LogP contribution >= 0.6 is 0 Å². The molecule has 0 unspecified atom stereocenters. The maximum Gasteiger partial charge on any atom is 0.286 e. The summed E-state index contributed by atoms with van der Waals surface area (Å²) >= 11 is 0. The second kappa shape index (κ2) is 10.8. The van der Waals surface area contributed by atoms with Crippen LogP contribution in [0.3, 0.4) is 0 Å². The van der Waals surface area contributed by atoms with Gasteiger partial charge < -0.3 is 24.6 Å². The number of aliphatic hydroxyl groups is 1. The van der Waals surface area contributed by atoms with Gasteiger partial charge in [0.2, 0.25) is 6.29 Å². The number of amides is 1. The van der Waals surface area contributed by atoms with Gasteiger partial charge in [0.25, 0.3) is 5.91 Å². The quantitative estimate of drug-likeness (QED) is 0.588. The number of ether oxygens (including phenoxy) is 3. The van der Waals surface area contributed by atoms with Crippen LogP contribution in [-0.4, -0.2) is 50.8 Å². The van der Waals surface area contributed by atoms with Gasteiger partial charge in [0.15, 0.2) is 5.76 Å². The van der Waals surface area contributed by atoms with Crippen LogP contribution in [0, 0.1) is 17.8 Å². The van der Waals surface area contributed by atoms with E-state index < -0.39 is 6.29 Å². The van der Waals surface area contributed by atoms with Gasteiger partial charge in [0.1, 0.15) is 0 Å². The van der Waals surface area contributed by atoms with Crippen LogP contribution < -0.4 is 5.32 Å². The third-order valence-corrected chi connectivity index (χ3v) is 5.22. The topological polar surface area (TPSA) is 77.0 Å². The van der Waals surface area contributed by atoms with Crippen molar-refractivity contribution in [3.63, 3.8) is 0 Å². The number of hydrogen-bond acceptors (Lipinski definition) is 5. The van der Waals surface area contributed by atoms with Crippen molar-refractivity contribution >= 4 is 5.91 Å². The zero-order chi connectivity index (χ0) is 18.1. The van der Waals surface area contributed by atoms with Gasteiger partial charge in [-0.3, -0.25) is 4.79 Å². The Morgan fingerprint density at radius 1 is 1.40 bits per heavy atom. The van der Waals surface area contributed by atoms with E-state index in [4.69, 9.17) is 14.2 Å². The van der Waals surface area contributed by atoms with E-state index in [1.54, 1.807) is 7.11 Å². The van der Waals surface area contributed by atoms with Gasteiger partial charge in [-0.2, -0.15) is 0 Å². The number of nitrogens with one attached hydrogen (secondary N) is 1. The lowest BCUT2D eigenvalue weighted by Crippen LogP contribution is -2.42. The third kappa shape index (κ3) is 5.69. The second-order valence-corrected chi connectivity index (χ2v) is 6.87. The highest BCUT2D eigenvalue weighted by atomic mass is 16.7. The van der Waals surface area contributed by atoms with Gasteiger partial charge in [-0.1, -0.05) is 12.8 Å². The van der Waals surface area contributed by atoms with Crippen molar-refractivity contribution in [1.29, 1.82) is 0 Å². The Morgan fingerprint density at radius 2 is 2.16 bits per heavy atom. The van der Waals surface area contributed by atoms with E-state index in [0.29, 0.717) is 31.4 Å². The van der Waals surface area contributed by atoms with Crippen molar-refractivity contribution in [2.75, 3.05) is 33.5 Å². The fourth-order valence-electron chi connectivity index (χ4n) is 4.02. The molecule has 0 aromatic carbocycles. The molecule has 2 N–H and O–H groups in total. The molecule has 2 rings (SSSR count). The Kier molecular flexibility index (Phi) is 8.72. The van der Waals surface area contributed by atoms with Crippen LogP contribution in [0.4, 0.5) is 0 Å². The van der Waals surface area contributed by atoms with Gasteiger partial charge >= 0.3 is 0 Å². The predicted molar refractivity (Wildman–Crippen MR) is 94.7 cm³/mol. The highest BCUT2D eigenvalue weighted by Gasteiger charge is 2.41. The molecule has 0 spiro atoms. The normalized spacial score (nSPS) is 27.0. The highest BCUT2D eigenvalue weighted by Crippen LogP contribution is 2.43. The monoisotopic (exact) mass is 355 g/mol. The lowest BCUT2D eigenvalue weighted by Gasteiger charge is -2.39. The number of aliphatic hydroxyl groups excluding tert-OH is 1. The van der Waals surface area contributed by atoms with Crippen LogP contribution in [-0.2, 0) is 19.0 Å². The number of rotatable bonds is 10. The fourth-order valence-corrected chi connectivity index (χ4v) is 4.02.